The van der Waals surface area contributed by atoms with Gasteiger partial charge >= 0.3 is 5.97 Å². The number of carboxylic acids is 1. The molecular formula is C27H34FN5O5. The van der Waals surface area contributed by atoms with Crippen LogP contribution in [-0.4, -0.2) is 88.5 Å². The number of carboxylic acid groups (broad SMARTS) is 1. The van der Waals surface area contributed by atoms with E-state index in [0.29, 0.717) is 13.0 Å². The molecule has 0 saturated carbocycles. The first kappa shape index (κ1) is 28.7. The van der Waals surface area contributed by atoms with Gasteiger partial charge in [0.2, 0.25) is 18.2 Å². The zero-order valence-corrected chi connectivity index (χ0v) is 21.8. The number of benzene rings is 2. The third-order valence-corrected chi connectivity index (χ3v) is 6.48. The predicted molar refractivity (Wildman–Crippen MR) is 138 cm³/mol. The number of halogens is 1. The van der Waals surface area contributed by atoms with Gasteiger partial charge in [-0.25, -0.2) is 9.40 Å². The lowest BCUT2D eigenvalue weighted by Crippen LogP contribution is -2.73. The highest BCUT2D eigenvalue weighted by molar-refractivity contribution is 5.91. The molecule has 3 amide bonds. The second-order valence-corrected chi connectivity index (χ2v) is 9.40. The van der Waals surface area contributed by atoms with Crippen LogP contribution in [0.1, 0.15) is 29.5 Å². The summed E-state index contributed by atoms with van der Waals surface area (Å²) in [6.07, 6.45) is -0.233. The van der Waals surface area contributed by atoms with Crippen molar-refractivity contribution in [3.63, 3.8) is 0 Å². The maximum Gasteiger partial charge on any atom is 0.303 e. The monoisotopic (exact) mass is 527 g/mol. The van der Waals surface area contributed by atoms with Crippen LogP contribution in [0.3, 0.4) is 0 Å². The van der Waals surface area contributed by atoms with Crippen LogP contribution in [-0.2, 0) is 32.3 Å². The highest BCUT2D eigenvalue weighted by Gasteiger charge is 2.48. The SMILES string of the molecule is CNCc1ccc(F)cc1.Cc1cccc(CN2C[C@H]3N(C(=O)CN(C)N3C=O)C(CCC(=O)O)C2=O)c1. The number of nitrogens with zero attached hydrogens (tertiary/aromatic N) is 4. The molecule has 2 heterocycles. The summed E-state index contributed by atoms with van der Waals surface area (Å²) in [7, 11) is 3.50. The smallest absolute Gasteiger partial charge is 0.303 e. The molecule has 204 valence electrons. The Balaban J connectivity index is 0.000000336. The molecule has 0 aromatic heterocycles. The summed E-state index contributed by atoms with van der Waals surface area (Å²) >= 11 is 0. The Morgan fingerprint density at radius 3 is 2.47 bits per heavy atom. The fourth-order valence-electron chi connectivity index (χ4n) is 4.70. The fourth-order valence-corrected chi connectivity index (χ4v) is 4.70. The highest BCUT2D eigenvalue weighted by atomic mass is 19.1. The van der Waals surface area contributed by atoms with Gasteiger partial charge in [-0.15, -0.1) is 0 Å². The Labute approximate surface area is 221 Å². The second kappa shape index (κ2) is 13.1. The van der Waals surface area contributed by atoms with E-state index in [1.165, 1.54) is 27.1 Å². The number of fused-ring (bicyclic) bond motifs is 1. The van der Waals surface area contributed by atoms with Gasteiger partial charge in [0.25, 0.3) is 0 Å². The Bertz CT molecular complexity index is 1140. The van der Waals surface area contributed by atoms with E-state index in [1.54, 1.807) is 24.1 Å². The highest BCUT2D eigenvalue weighted by Crippen LogP contribution is 2.28. The minimum absolute atomic E-state index is 0.0110. The lowest BCUT2D eigenvalue weighted by atomic mass is 10.0. The van der Waals surface area contributed by atoms with E-state index < -0.39 is 18.2 Å². The summed E-state index contributed by atoms with van der Waals surface area (Å²) in [5.74, 6) is -1.79. The summed E-state index contributed by atoms with van der Waals surface area (Å²) in [5.41, 5.74) is 3.10. The number of hydrogen-bond acceptors (Lipinski definition) is 6. The van der Waals surface area contributed by atoms with Crippen molar-refractivity contribution in [2.75, 3.05) is 27.2 Å². The van der Waals surface area contributed by atoms with Crippen molar-refractivity contribution in [3.05, 3.63) is 71.0 Å². The minimum atomic E-state index is -1.03. The van der Waals surface area contributed by atoms with Gasteiger partial charge in [-0.1, -0.05) is 42.0 Å². The van der Waals surface area contributed by atoms with Crippen LogP contribution in [0.25, 0.3) is 0 Å². The van der Waals surface area contributed by atoms with Crippen LogP contribution in [0.2, 0.25) is 0 Å². The lowest BCUT2D eigenvalue weighted by Gasteiger charge is -2.53. The molecule has 2 atom stereocenters. The Kier molecular flexibility index (Phi) is 9.91. The lowest BCUT2D eigenvalue weighted by molar-refractivity contribution is -0.197. The predicted octanol–water partition coefficient (Wildman–Crippen LogP) is 1.59. The number of hydrazine groups is 1. The first-order valence-electron chi connectivity index (χ1n) is 12.4. The normalized spacial score (nSPS) is 19.5. The van der Waals surface area contributed by atoms with Crippen molar-refractivity contribution in [3.8, 4) is 0 Å². The van der Waals surface area contributed by atoms with E-state index in [-0.39, 0.29) is 43.6 Å². The number of nitrogens with one attached hydrogen (secondary N) is 1. The number of likely N-dealkylation sites (N-methyl/N-ethyl adjacent to an activating group) is 1. The molecule has 2 aliphatic heterocycles. The van der Waals surface area contributed by atoms with Crippen LogP contribution in [0.4, 0.5) is 4.39 Å². The summed E-state index contributed by atoms with van der Waals surface area (Å²) in [6.45, 7) is 3.22. The van der Waals surface area contributed by atoms with Gasteiger partial charge in [0.1, 0.15) is 18.0 Å². The average molecular weight is 528 g/mol. The third kappa shape index (κ3) is 7.14. The van der Waals surface area contributed by atoms with Gasteiger partial charge in [0.05, 0.1) is 13.1 Å². The van der Waals surface area contributed by atoms with Gasteiger partial charge < -0.3 is 20.2 Å². The number of carbonyl (C=O) groups is 4. The van der Waals surface area contributed by atoms with E-state index in [9.17, 15) is 23.6 Å². The van der Waals surface area contributed by atoms with Crippen molar-refractivity contribution in [2.45, 2.75) is 45.1 Å². The summed E-state index contributed by atoms with van der Waals surface area (Å²) < 4.78 is 12.3. The summed E-state index contributed by atoms with van der Waals surface area (Å²) in [6, 6.07) is 13.3. The average Bonchev–Trinajstić information content (AvgIpc) is 2.86. The molecule has 11 heteroatoms. The van der Waals surface area contributed by atoms with Gasteiger partial charge in [-0.05, 0) is 43.7 Å². The van der Waals surface area contributed by atoms with Crippen molar-refractivity contribution < 1.29 is 28.7 Å². The van der Waals surface area contributed by atoms with Crippen molar-refractivity contribution in [2.24, 2.45) is 0 Å². The maximum absolute atomic E-state index is 13.1. The van der Waals surface area contributed by atoms with E-state index in [0.717, 1.165) is 23.2 Å². The number of piperazine rings is 1. The van der Waals surface area contributed by atoms with Crippen molar-refractivity contribution in [1.29, 1.82) is 0 Å². The van der Waals surface area contributed by atoms with E-state index >= 15 is 0 Å². The molecular weight excluding hydrogens is 493 g/mol. The topological polar surface area (TPSA) is 114 Å². The maximum atomic E-state index is 13.1. The van der Waals surface area contributed by atoms with Crippen LogP contribution in [0, 0.1) is 12.7 Å². The molecule has 0 bridgehead atoms. The molecule has 2 aromatic carbocycles. The molecule has 0 radical (unpaired) electrons. The quantitative estimate of drug-likeness (QED) is 0.502. The molecule has 4 rings (SSSR count). The number of hydrogen-bond donors (Lipinski definition) is 2. The van der Waals surface area contributed by atoms with Gasteiger partial charge in [-0.3, -0.25) is 24.2 Å². The molecule has 2 aliphatic rings. The second-order valence-electron chi connectivity index (χ2n) is 9.40. The Morgan fingerprint density at radius 1 is 1.16 bits per heavy atom. The van der Waals surface area contributed by atoms with Crippen LogP contribution in [0.5, 0.6) is 0 Å². The van der Waals surface area contributed by atoms with E-state index in [1.807, 2.05) is 38.2 Å². The Morgan fingerprint density at radius 2 is 1.87 bits per heavy atom. The van der Waals surface area contributed by atoms with Gasteiger partial charge in [-0.2, -0.15) is 0 Å². The van der Waals surface area contributed by atoms with Crippen LogP contribution >= 0.6 is 0 Å². The zero-order chi connectivity index (χ0) is 27.8. The molecule has 1 unspecified atom stereocenters. The number of aliphatic carboxylic acids is 1. The number of rotatable bonds is 8. The molecule has 2 saturated heterocycles. The minimum Gasteiger partial charge on any atom is -0.481 e. The Hall–Kier alpha value is -3.83. The third-order valence-electron chi connectivity index (χ3n) is 6.48. The molecule has 2 aromatic rings. The number of aryl methyl sites for hydroxylation is 1. The number of carbonyl (C=O) groups excluding carboxylic acids is 3. The van der Waals surface area contributed by atoms with Gasteiger partial charge in [0, 0.05) is 26.6 Å². The molecule has 2 N–H and O–H groups in total. The van der Waals surface area contributed by atoms with Crippen LogP contribution < -0.4 is 5.32 Å². The standard InChI is InChI=1S/C19H24N4O5.C8H10FN/c1-13-4-3-5-14(8-13)9-21-10-16-22(12-24)20(2)11-17(25)23(16)15(19(21)28)6-7-18(26)27;1-10-6-7-2-4-8(9)5-3-7/h3-5,8,12,15-16H,6-7,9-11H2,1-2H3,(H,26,27);2-5,10H,6H2,1H3/t15?,16-;/m1./s1. The van der Waals surface area contributed by atoms with Gasteiger partial charge in [0.15, 0.2) is 0 Å². The molecule has 10 nitrogen and oxygen atoms in total. The van der Waals surface area contributed by atoms with Crippen LogP contribution in [0.15, 0.2) is 48.5 Å². The molecule has 0 spiro atoms. The van der Waals surface area contributed by atoms with Crippen molar-refractivity contribution >= 4 is 24.2 Å². The number of amides is 3. The first-order chi connectivity index (χ1) is 18.1. The zero-order valence-electron chi connectivity index (χ0n) is 21.8. The largest absolute Gasteiger partial charge is 0.481 e. The first-order valence-corrected chi connectivity index (χ1v) is 12.4. The summed E-state index contributed by atoms with van der Waals surface area (Å²) in [5, 5.41) is 15.0. The molecule has 0 aliphatic carbocycles. The summed E-state index contributed by atoms with van der Waals surface area (Å²) in [4.78, 5) is 51.5. The van der Waals surface area contributed by atoms with Crippen molar-refractivity contribution in [1.82, 2.24) is 25.1 Å². The van der Waals surface area contributed by atoms with E-state index in [4.69, 9.17) is 5.11 Å². The molecule has 38 heavy (non-hydrogen) atoms. The molecule has 2 fully saturated rings. The van der Waals surface area contributed by atoms with E-state index in [2.05, 4.69) is 5.32 Å². The fraction of sp³-hybridized carbons (Fsp3) is 0.407.